The van der Waals surface area contributed by atoms with Crippen LogP contribution < -0.4 is 0 Å². The zero-order valence-corrected chi connectivity index (χ0v) is 20.8. The molecule has 1 aliphatic carbocycles. The van der Waals surface area contributed by atoms with Crippen molar-refractivity contribution in [2.75, 3.05) is 25.4 Å². The number of nitrogens with zero attached hydrogens (tertiary/aromatic N) is 6. The second kappa shape index (κ2) is 8.95. The lowest BCUT2D eigenvalue weighted by Crippen LogP contribution is -2.28. The second-order valence-corrected chi connectivity index (χ2v) is 10.9. The molecule has 7 nitrogen and oxygen atoms in total. The van der Waals surface area contributed by atoms with E-state index in [9.17, 15) is 4.39 Å². The Morgan fingerprint density at radius 2 is 2.09 bits per heavy atom. The molecule has 1 aliphatic heterocycles. The van der Waals surface area contributed by atoms with Crippen LogP contribution in [0.4, 0.5) is 4.39 Å². The van der Waals surface area contributed by atoms with Gasteiger partial charge in [0.25, 0.3) is 0 Å². The van der Waals surface area contributed by atoms with E-state index in [4.69, 9.17) is 4.42 Å². The van der Waals surface area contributed by atoms with E-state index >= 15 is 0 Å². The van der Waals surface area contributed by atoms with E-state index in [-0.39, 0.29) is 11.2 Å². The smallest absolute Gasteiger partial charge is 0.202 e. The Labute approximate surface area is 208 Å². The number of aryl methyl sites for hydroxylation is 1. The molecule has 35 heavy (non-hydrogen) atoms. The highest BCUT2D eigenvalue weighted by atomic mass is 32.2. The molecular weight excluding hydrogens is 463 g/mol. The lowest BCUT2D eigenvalue weighted by atomic mass is 9.93. The Balaban J connectivity index is 1.02. The van der Waals surface area contributed by atoms with Crippen LogP contribution in [0.3, 0.4) is 0 Å². The Bertz CT molecular complexity index is 1330. The number of rotatable bonds is 9. The molecule has 0 radical (unpaired) electrons. The molecule has 1 aromatic carbocycles. The van der Waals surface area contributed by atoms with Gasteiger partial charge in [0.05, 0.1) is 5.69 Å². The molecule has 0 spiro atoms. The number of thioether (sulfide) groups is 1. The van der Waals surface area contributed by atoms with Crippen LogP contribution in [0.5, 0.6) is 0 Å². The summed E-state index contributed by atoms with van der Waals surface area (Å²) in [7, 11) is 1.96. The fourth-order valence-electron chi connectivity index (χ4n) is 5.47. The zero-order chi connectivity index (χ0) is 24.0. The minimum Gasteiger partial charge on any atom is -0.440 e. The molecule has 3 aromatic heterocycles. The third-order valence-electron chi connectivity index (χ3n) is 7.50. The summed E-state index contributed by atoms with van der Waals surface area (Å²) < 4.78 is 24.3. The second-order valence-electron chi connectivity index (χ2n) is 9.79. The van der Waals surface area contributed by atoms with Gasteiger partial charge in [0.2, 0.25) is 5.82 Å². The van der Waals surface area contributed by atoms with Gasteiger partial charge >= 0.3 is 0 Å². The van der Waals surface area contributed by atoms with Crippen LogP contribution in [0.25, 0.3) is 11.6 Å². The van der Waals surface area contributed by atoms with E-state index in [2.05, 4.69) is 26.1 Å². The summed E-state index contributed by atoms with van der Waals surface area (Å²) in [4.78, 5) is 6.68. The maximum atomic E-state index is 14.9. The molecule has 0 unspecified atom stereocenters. The van der Waals surface area contributed by atoms with Crippen molar-refractivity contribution in [3.8, 4) is 11.6 Å². The predicted molar refractivity (Wildman–Crippen MR) is 133 cm³/mol. The topological polar surface area (TPSA) is 64.9 Å². The maximum absolute atomic E-state index is 14.9. The van der Waals surface area contributed by atoms with Crippen LogP contribution in [-0.2, 0) is 19.0 Å². The first-order valence-corrected chi connectivity index (χ1v) is 13.1. The van der Waals surface area contributed by atoms with Gasteiger partial charge < -0.3 is 18.5 Å². The number of piperidine rings is 1. The number of hydrogen-bond donors (Lipinski definition) is 0. The molecule has 4 aromatic rings. The summed E-state index contributed by atoms with van der Waals surface area (Å²) in [6.45, 7) is 5.66. The first kappa shape index (κ1) is 22.5. The lowest BCUT2D eigenvalue weighted by Gasteiger charge is -2.21. The number of aromatic nitrogens is 5. The van der Waals surface area contributed by atoms with Gasteiger partial charge in [-0.15, -0.1) is 10.2 Å². The highest BCUT2D eigenvalue weighted by molar-refractivity contribution is 7.99. The molecule has 182 valence electrons. The van der Waals surface area contributed by atoms with Gasteiger partial charge in [-0.1, -0.05) is 23.9 Å². The van der Waals surface area contributed by atoms with E-state index in [0.717, 1.165) is 48.2 Å². The fourth-order valence-corrected chi connectivity index (χ4v) is 6.30. The summed E-state index contributed by atoms with van der Waals surface area (Å²) in [5, 5.41) is 9.49. The largest absolute Gasteiger partial charge is 0.440 e. The summed E-state index contributed by atoms with van der Waals surface area (Å²) in [5.74, 6) is 2.90. The van der Waals surface area contributed by atoms with Crippen molar-refractivity contribution in [1.29, 1.82) is 0 Å². The number of likely N-dealkylation sites (tertiary alicyclic amines) is 1. The minimum atomic E-state index is -0.0883. The van der Waals surface area contributed by atoms with E-state index < -0.39 is 0 Å². The number of benzene rings is 1. The van der Waals surface area contributed by atoms with Crippen molar-refractivity contribution in [3.63, 3.8) is 0 Å². The van der Waals surface area contributed by atoms with Crippen LogP contribution >= 0.6 is 11.8 Å². The molecule has 2 aliphatic rings. The van der Waals surface area contributed by atoms with Crippen LogP contribution in [-0.4, -0.2) is 54.6 Å². The summed E-state index contributed by atoms with van der Waals surface area (Å²) >= 11 is 1.72. The molecule has 2 fully saturated rings. The molecule has 1 saturated carbocycles. The van der Waals surface area contributed by atoms with E-state index in [1.165, 1.54) is 18.4 Å². The van der Waals surface area contributed by atoms with Crippen LogP contribution in [0.2, 0.25) is 0 Å². The lowest BCUT2D eigenvalue weighted by molar-refractivity contribution is 0.299. The standard InChI is InChI=1S/C26H29FN6OS/c1-18-23(34-17-28-18)24-29-30-25(31(24)2)35-11-5-10-33-15-21-13-26(21,16-33)20-7-6-19(22(27)12-20)14-32-8-3-4-9-32/h3-4,6-9,12,17,21H,5,10-11,13-16H2,1-2H3/t21-,26-/m1/s1. The van der Waals surface area contributed by atoms with Crippen LogP contribution in [0.15, 0.2) is 58.7 Å². The first-order valence-electron chi connectivity index (χ1n) is 12.1. The van der Waals surface area contributed by atoms with Crippen molar-refractivity contribution in [3.05, 3.63) is 71.8 Å². The van der Waals surface area contributed by atoms with Gasteiger partial charge in [0.1, 0.15) is 5.82 Å². The maximum Gasteiger partial charge on any atom is 0.202 e. The van der Waals surface area contributed by atoms with Crippen molar-refractivity contribution >= 4 is 11.8 Å². The highest BCUT2D eigenvalue weighted by Gasteiger charge is 2.60. The molecule has 0 bridgehead atoms. The summed E-state index contributed by atoms with van der Waals surface area (Å²) in [5.41, 5.74) is 2.88. The van der Waals surface area contributed by atoms with Gasteiger partial charge in [-0.3, -0.25) is 0 Å². The van der Waals surface area contributed by atoms with Gasteiger partial charge in [-0.2, -0.15) is 0 Å². The molecule has 9 heteroatoms. The molecule has 0 amide bonds. The number of hydrogen-bond acceptors (Lipinski definition) is 6. The quantitative estimate of drug-likeness (QED) is 0.253. The van der Waals surface area contributed by atoms with Gasteiger partial charge in [0, 0.05) is 55.8 Å². The number of oxazole rings is 1. The van der Waals surface area contributed by atoms with E-state index in [1.807, 2.05) is 53.7 Å². The van der Waals surface area contributed by atoms with E-state index in [0.29, 0.717) is 24.0 Å². The predicted octanol–water partition coefficient (Wildman–Crippen LogP) is 4.52. The average molecular weight is 493 g/mol. The van der Waals surface area contributed by atoms with Gasteiger partial charge in [-0.05, 0) is 56.0 Å². The normalized spacial score (nSPS) is 21.5. The SMILES string of the molecule is Cc1ncoc1-c1nnc(SCCCN2C[C@H]3C[C@]3(c3ccc(Cn4cccc4)c(F)c3)C2)n1C. The summed E-state index contributed by atoms with van der Waals surface area (Å²) in [6, 6.07) is 9.86. The highest BCUT2D eigenvalue weighted by Crippen LogP contribution is 2.59. The van der Waals surface area contributed by atoms with E-state index in [1.54, 1.807) is 17.8 Å². The molecular formula is C26H29FN6OS. The van der Waals surface area contributed by atoms with Crippen molar-refractivity contribution in [2.24, 2.45) is 13.0 Å². The number of halogens is 1. The van der Waals surface area contributed by atoms with Crippen molar-refractivity contribution in [1.82, 2.24) is 29.2 Å². The summed E-state index contributed by atoms with van der Waals surface area (Å²) in [6.07, 6.45) is 7.62. The monoisotopic (exact) mass is 492 g/mol. The van der Waals surface area contributed by atoms with Gasteiger partial charge in [0.15, 0.2) is 17.3 Å². The van der Waals surface area contributed by atoms with Crippen LogP contribution in [0.1, 0.15) is 29.7 Å². The molecule has 2 atom stereocenters. The zero-order valence-electron chi connectivity index (χ0n) is 20.0. The third-order valence-corrected chi connectivity index (χ3v) is 8.60. The fraction of sp³-hybridized carbons (Fsp3) is 0.423. The number of fused-ring (bicyclic) bond motifs is 1. The third kappa shape index (κ3) is 4.21. The van der Waals surface area contributed by atoms with Crippen molar-refractivity contribution in [2.45, 2.75) is 36.9 Å². The Morgan fingerprint density at radius 1 is 1.23 bits per heavy atom. The van der Waals surface area contributed by atoms with Crippen LogP contribution in [0, 0.1) is 18.7 Å². The first-order chi connectivity index (χ1) is 17.0. The Morgan fingerprint density at radius 3 is 2.86 bits per heavy atom. The molecule has 1 saturated heterocycles. The van der Waals surface area contributed by atoms with Crippen molar-refractivity contribution < 1.29 is 8.81 Å². The van der Waals surface area contributed by atoms with Gasteiger partial charge in [-0.25, -0.2) is 9.37 Å². The minimum absolute atomic E-state index is 0.0883. The average Bonchev–Trinajstić information content (AvgIpc) is 3.37. The molecule has 0 N–H and O–H groups in total. The Kier molecular flexibility index (Phi) is 5.76. The molecule has 4 heterocycles. The molecule has 6 rings (SSSR count). The Hall–Kier alpha value is -2.91.